The van der Waals surface area contributed by atoms with Crippen LogP contribution in [0.4, 0.5) is 0 Å². The topological polar surface area (TPSA) is 38.7 Å². The van der Waals surface area contributed by atoms with Crippen LogP contribution in [0.25, 0.3) is 21.6 Å². The van der Waals surface area contributed by atoms with Gasteiger partial charge >= 0.3 is 0 Å². The van der Waals surface area contributed by atoms with E-state index in [0.29, 0.717) is 0 Å². The summed E-state index contributed by atoms with van der Waals surface area (Å²) in [5.74, 6) is 0.830. The molecule has 0 bridgehead atoms. The van der Waals surface area contributed by atoms with Crippen molar-refractivity contribution in [1.29, 1.82) is 0 Å². The van der Waals surface area contributed by atoms with Crippen LogP contribution in [0.3, 0.4) is 0 Å². The van der Waals surface area contributed by atoms with Crippen molar-refractivity contribution in [2.45, 2.75) is 55.2 Å². The van der Waals surface area contributed by atoms with Crippen LogP contribution in [0.1, 0.15) is 42.5 Å². The number of aromatic nitrogens is 3. The molecule has 0 aliphatic heterocycles. The van der Waals surface area contributed by atoms with Crippen LogP contribution in [0.5, 0.6) is 0 Å². The summed E-state index contributed by atoms with van der Waals surface area (Å²) < 4.78 is 0. The fourth-order valence-electron chi connectivity index (χ4n) is 3.84. The number of nitrogens with zero attached hydrogens (tertiary/aromatic N) is 3. The number of thioether (sulfide) groups is 1. The van der Waals surface area contributed by atoms with Gasteiger partial charge in [-0.25, -0.2) is 9.97 Å². The molecular weight excluding hydrogens is 334 g/mol. The second-order valence-electron chi connectivity index (χ2n) is 6.66. The lowest BCUT2D eigenvalue weighted by Crippen LogP contribution is -1.99. The monoisotopic (exact) mass is 353 g/mol. The molecule has 3 nitrogen and oxygen atoms in total. The van der Waals surface area contributed by atoms with Crippen molar-refractivity contribution in [2.24, 2.45) is 0 Å². The van der Waals surface area contributed by atoms with E-state index in [9.17, 15) is 0 Å². The Kier molecular flexibility index (Phi) is 3.78. The summed E-state index contributed by atoms with van der Waals surface area (Å²) in [6, 6.07) is 4.01. The first-order chi connectivity index (χ1) is 11.9. The van der Waals surface area contributed by atoms with Gasteiger partial charge in [0, 0.05) is 33.5 Å². The summed E-state index contributed by atoms with van der Waals surface area (Å²) in [5.41, 5.74) is 2.55. The highest BCUT2D eigenvalue weighted by Crippen LogP contribution is 2.44. The Hall–Kier alpha value is -1.46. The summed E-state index contributed by atoms with van der Waals surface area (Å²) in [6.45, 7) is 0. The Balaban J connectivity index is 1.67. The summed E-state index contributed by atoms with van der Waals surface area (Å²) >= 11 is 3.88. The van der Waals surface area contributed by atoms with Crippen LogP contribution in [0, 0.1) is 0 Å². The van der Waals surface area contributed by atoms with Crippen molar-refractivity contribution in [2.75, 3.05) is 0 Å². The van der Waals surface area contributed by atoms with Gasteiger partial charge in [0.25, 0.3) is 0 Å². The second-order valence-corrected chi connectivity index (χ2v) is 9.03. The molecule has 3 heterocycles. The molecule has 5 rings (SSSR count). The third-order valence-electron chi connectivity index (χ3n) is 5.03. The van der Waals surface area contributed by atoms with E-state index in [1.54, 1.807) is 6.20 Å². The molecule has 0 unspecified atom stereocenters. The molecule has 122 valence electrons. The minimum Gasteiger partial charge on any atom is -0.264 e. The summed E-state index contributed by atoms with van der Waals surface area (Å²) in [6.07, 6.45) is 12.7. The minimum atomic E-state index is 0.724. The third-order valence-corrected chi connectivity index (χ3v) is 7.54. The molecule has 3 aromatic rings. The van der Waals surface area contributed by atoms with Crippen molar-refractivity contribution in [3.63, 3.8) is 0 Å². The highest BCUT2D eigenvalue weighted by molar-refractivity contribution is 8.00. The molecule has 2 aliphatic rings. The van der Waals surface area contributed by atoms with Crippen LogP contribution in [-0.2, 0) is 12.8 Å². The van der Waals surface area contributed by atoms with E-state index in [0.717, 1.165) is 16.6 Å². The third kappa shape index (κ3) is 2.54. The normalized spacial score (nSPS) is 17.7. The van der Waals surface area contributed by atoms with Gasteiger partial charge in [0.2, 0.25) is 0 Å². The molecule has 1 fully saturated rings. The van der Waals surface area contributed by atoms with Crippen molar-refractivity contribution < 1.29 is 0 Å². The number of hydrogen-bond donors (Lipinski definition) is 0. The van der Waals surface area contributed by atoms with E-state index >= 15 is 0 Å². The van der Waals surface area contributed by atoms with Gasteiger partial charge in [0.1, 0.15) is 9.86 Å². The molecule has 1 saturated carbocycles. The van der Waals surface area contributed by atoms with E-state index < -0.39 is 0 Å². The van der Waals surface area contributed by atoms with E-state index in [1.807, 2.05) is 35.4 Å². The Morgan fingerprint density at radius 3 is 2.83 bits per heavy atom. The first-order valence-electron chi connectivity index (χ1n) is 8.78. The lowest BCUT2D eigenvalue weighted by Gasteiger charge is -2.11. The van der Waals surface area contributed by atoms with Gasteiger partial charge < -0.3 is 0 Å². The fraction of sp³-hybridized carbons (Fsp3) is 0.421. The molecule has 0 atom stereocenters. The van der Waals surface area contributed by atoms with Crippen LogP contribution in [0.2, 0.25) is 0 Å². The zero-order chi connectivity index (χ0) is 15.9. The maximum Gasteiger partial charge on any atom is 0.163 e. The lowest BCUT2D eigenvalue weighted by molar-refractivity contribution is 0.886. The highest BCUT2D eigenvalue weighted by atomic mass is 32.2. The molecule has 0 aromatic carbocycles. The summed E-state index contributed by atoms with van der Waals surface area (Å²) in [7, 11) is 0. The number of aryl methyl sites for hydroxylation is 2. The Morgan fingerprint density at radius 1 is 1.08 bits per heavy atom. The second kappa shape index (κ2) is 6.12. The van der Waals surface area contributed by atoms with Gasteiger partial charge in [-0.1, -0.05) is 12.8 Å². The fourth-order valence-corrected chi connectivity index (χ4v) is 6.52. The van der Waals surface area contributed by atoms with Gasteiger partial charge in [0.05, 0.1) is 0 Å². The quantitative estimate of drug-likeness (QED) is 0.601. The molecular formula is C19H19N3S2. The van der Waals surface area contributed by atoms with Crippen LogP contribution < -0.4 is 0 Å². The van der Waals surface area contributed by atoms with Crippen LogP contribution in [0.15, 0.2) is 29.6 Å². The van der Waals surface area contributed by atoms with Gasteiger partial charge in [-0.15, -0.1) is 23.1 Å². The van der Waals surface area contributed by atoms with Crippen molar-refractivity contribution in [1.82, 2.24) is 15.0 Å². The van der Waals surface area contributed by atoms with E-state index in [1.165, 1.54) is 70.6 Å². The highest BCUT2D eigenvalue weighted by Gasteiger charge is 2.25. The standard InChI is InChI=1S/C19H19N3S2/c1-2-7-13(6-1)23-18-16-14-8-3-9-15(14)24-19(16)22-17(21-18)12-5-4-10-20-11-12/h4-5,10-11,13H,1-3,6-9H2. The first-order valence-corrected chi connectivity index (χ1v) is 10.5. The summed E-state index contributed by atoms with van der Waals surface area (Å²) in [5, 5.41) is 3.30. The van der Waals surface area contributed by atoms with Crippen molar-refractivity contribution in [3.8, 4) is 11.4 Å². The van der Waals surface area contributed by atoms with Gasteiger partial charge in [-0.05, 0) is 49.8 Å². The Morgan fingerprint density at radius 2 is 2.00 bits per heavy atom. The smallest absolute Gasteiger partial charge is 0.163 e. The Bertz CT molecular complexity index is 883. The molecule has 2 aliphatic carbocycles. The molecule has 5 heteroatoms. The number of hydrogen-bond acceptors (Lipinski definition) is 5. The average Bonchev–Trinajstić information content (AvgIpc) is 3.32. The van der Waals surface area contributed by atoms with Gasteiger partial charge in [-0.2, -0.15) is 0 Å². The minimum absolute atomic E-state index is 0.724. The molecule has 0 amide bonds. The largest absolute Gasteiger partial charge is 0.264 e. The lowest BCUT2D eigenvalue weighted by atomic mass is 10.2. The average molecular weight is 354 g/mol. The molecule has 0 N–H and O–H groups in total. The van der Waals surface area contributed by atoms with Crippen molar-refractivity contribution >= 4 is 33.3 Å². The van der Waals surface area contributed by atoms with Gasteiger partial charge in [0.15, 0.2) is 5.82 Å². The molecule has 0 spiro atoms. The maximum atomic E-state index is 5.00. The molecule has 24 heavy (non-hydrogen) atoms. The predicted molar refractivity (Wildman–Crippen MR) is 101 cm³/mol. The van der Waals surface area contributed by atoms with E-state index in [-0.39, 0.29) is 0 Å². The maximum absolute atomic E-state index is 5.00. The SMILES string of the molecule is c1cncc(-c2nc(SC3CCCC3)c3c4c(sc3n2)CCC4)c1. The van der Waals surface area contributed by atoms with Gasteiger partial charge in [-0.3, -0.25) is 4.98 Å². The first kappa shape index (κ1) is 14.8. The van der Waals surface area contributed by atoms with Crippen LogP contribution in [-0.4, -0.2) is 20.2 Å². The predicted octanol–water partition coefficient (Wildman–Crippen LogP) is 5.28. The number of rotatable bonds is 3. The van der Waals surface area contributed by atoms with Crippen molar-refractivity contribution in [3.05, 3.63) is 35.0 Å². The molecule has 3 aromatic heterocycles. The van der Waals surface area contributed by atoms with E-state index in [4.69, 9.17) is 9.97 Å². The molecule has 0 radical (unpaired) electrons. The number of pyridine rings is 1. The Labute approximate surface area is 150 Å². The number of thiophene rings is 1. The summed E-state index contributed by atoms with van der Waals surface area (Å²) in [4.78, 5) is 16.9. The molecule has 0 saturated heterocycles. The number of fused-ring (bicyclic) bond motifs is 3. The zero-order valence-corrected chi connectivity index (χ0v) is 15.1. The van der Waals surface area contributed by atoms with Crippen LogP contribution >= 0.6 is 23.1 Å². The van der Waals surface area contributed by atoms with E-state index in [2.05, 4.69) is 11.1 Å². The zero-order valence-electron chi connectivity index (χ0n) is 13.5.